The molecule has 0 saturated heterocycles. The summed E-state index contributed by atoms with van der Waals surface area (Å²) in [5, 5.41) is 1.08. The van der Waals surface area contributed by atoms with E-state index in [1.165, 1.54) is 0 Å². The minimum absolute atomic E-state index is 0.0126. The van der Waals surface area contributed by atoms with Crippen molar-refractivity contribution in [3.8, 4) is 0 Å². The maximum Gasteiger partial charge on any atom is 0.239 e. The van der Waals surface area contributed by atoms with Crippen molar-refractivity contribution in [2.75, 3.05) is 19.1 Å². The van der Waals surface area contributed by atoms with Crippen molar-refractivity contribution >= 4 is 28.6 Å². The van der Waals surface area contributed by atoms with Crippen molar-refractivity contribution in [3.63, 3.8) is 0 Å². The second kappa shape index (κ2) is 7.70. The summed E-state index contributed by atoms with van der Waals surface area (Å²) < 4.78 is 5.88. The number of furan rings is 1. The van der Waals surface area contributed by atoms with Gasteiger partial charge in [0.15, 0.2) is 0 Å². The third-order valence-electron chi connectivity index (χ3n) is 3.82. The minimum atomic E-state index is -0.430. The van der Waals surface area contributed by atoms with Crippen LogP contribution in [0.1, 0.15) is 24.7 Å². The van der Waals surface area contributed by atoms with Gasteiger partial charge < -0.3 is 15.1 Å². The van der Waals surface area contributed by atoms with Crippen LogP contribution in [0, 0.1) is 0 Å². The zero-order chi connectivity index (χ0) is 16.1. The average molecular weight is 320 g/mol. The lowest BCUT2D eigenvalue weighted by molar-refractivity contribution is -0.131. The minimum Gasteiger partial charge on any atom is -0.461 e. The Morgan fingerprint density at radius 3 is 2.82 bits per heavy atom. The summed E-state index contributed by atoms with van der Waals surface area (Å²) in [7, 11) is 1.81. The highest BCUT2D eigenvalue weighted by atomic mass is 32.2. The van der Waals surface area contributed by atoms with E-state index < -0.39 is 6.04 Å². The molecule has 0 spiro atoms. The zero-order valence-electron chi connectivity index (χ0n) is 13.5. The summed E-state index contributed by atoms with van der Waals surface area (Å²) in [6, 6.07) is 7.53. The number of nitrogens with zero attached hydrogens (tertiary/aromatic N) is 1. The molecule has 22 heavy (non-hydrogen) atoms. The van der Waals surface area contributed by atoms with Crippen LogP contribution in [-0.4, -0.2) is 35.9 Å². The number of para-hydroxylation sites is 1. The number of fused-ring (bicyclic) bond motifs is 1. The van der Waals surface area contributed by atoms with Crippen molar-refractivity contribution in [2.24, 2.45) is 5.73 Å². The molecule has 4 nitrogen and oxygen atoms in total. The standard InChI is InChI=1S/C17H24N2O2S/c1-4-15-13(12-7-5-6-8-16(12)21-15)11-19(2)17(20)14(18)9-10-22-3/h5-8,14H,4,9-11,18H2,1-3H3/t14-/m0/s1. The van der Waals surface area contributed by atoms with Crippen molar-refractivity contribution < 1.29 is 9.21 Å². The molecule has 0 fully saturated rings. The summed E-state index contributed by atoms with van der Waals surface area (Å²) in [6.07, 6.45) is 3.54. The van der Waals surface area contributed by atoms with Crippen molar-refractivity contribution in [3.05, 3.63) is 35.6 Å². The Bertz CT molecular complexity index is 639. The molecule has 2 aromatic rings. The van der Waals surface area contributed by atoms with E-state index in [0.29, 0.717) is 13.0 Å². The van der Waals surface area contributed by atoms with Crippen molar-refractivity contribution in [2.45, 2.75) is 32.4 Å². The highest BCUT2D eigenvalue weighted by Crippen LogP contribution is 2.27. The zero-order valence-corrected chi connectivity index (χ0v) is 14.3. The van der Waals surface area contributed by atoms with E-state index in [2.05, 4.69) is 6.92 Å². The number of hydrogen-bond acceptors (Lipinski definition) is 4. The van der Waals surface area contributed by atoms with E-state index >= 15 is 0 Å². The molecule has 0 aliphatic carbocycles. The third-order valence-corrected chi connectivity index (χ3v) is 4.47. The Balaban J connectivity index is 2.17. The van der Waals surface area contributed by atoms with Gasteiger partial charge in [-0.05, 0) is 24.5 Å². The second-order valence-corrected chi connectivity index (χ2v) is 6.42. The van der Waals surface area contributed by atoms with Crippen LogP contribution in [-0.2, 0) is 17.8 Å². The summed E-state index contributed by atoms with van der Waals surface area (Å²) in [4.78, 5) is 14.1. The van der Waals surface area contributed by atoms with Gasteiger partial charge in [-0.15, -0.1) is 0 Å². The fourth-order valence-electron chi connectivity index (χ4n) is 2.57. The molecule has 0 aliphatic heterocycles. The lowest BCUT2D eigenvalue weighted by Gasteiger charge is -2.21. The van der Waals surface area contributed by atoms with E-state index in [1.54, 1.807) is 16.7 Å². The number of benzene rings is 1. The van der Waals surface area contributed by atoms with Gasteiger partial charge in [-0.25, -0.2) is 0 Å². The van der Waals surface area contributed by atoms with Crippen LogP contribution in [0.5, 0.6) is 0 Å². The van der Waals surface area contributed by atoms with E-state index in [-0.39, 0.29) is 5.91 Å². The van der Waals surface area contributed by atoms with Crippen molar-refractivity contribution in [1.29, 1.82) is 0 Å². The van der Waals surface area contributed by atoms with Gasteiger partial charge in [0.2, 0.25) is 5.91 Å². The number of aryl methyl sites for hydroxylation is 1. The molecule has 120 valence electrons. The highest BCUT2D eigenvalue weighted by Gasteiger charge is 2.21. The number of likely N-dealkylation sites (N-methyl/N-ethyl adjacent to an activating group) is 1. The first-order valence-corrected chi connectivity index (χ1v) is 8.96. The van der Waals surface area contributed by atoms with Crippen LogP contribution < -0.4 is 5.73 Å². The van der Waals surface area contributed by atoms with Gasteiger partial charge in [-0.2, -0.15) is 11.8 Å². The molecule has 1 atom stereocenters. The van der Waals surface area contributed by atoms with Gasteiger partial charge >= 0.3 is 0 Å². The normalized spacial score (nSPS) is 12.5. The number of amides is 1. The van der Waals surface area contributed by atoms with Crippen molar-refractivity contribution in [1.82, 2.24) is 4.90 Å². The maximum atomic E-state index is 12.4. The van der Waals surface area contributed by atoms with Crippen LogP contribution >= 0.6 is 11.8 Å². The van der Waals surface area contributed by atoms with Crippen LogP contribution in [0.25, 0.3) is 11.0 Å². The molecule has 0 aliphatic rings. The SMILES string of the molecule is CCc1oc2ccccc2c1CN(C)C(=O)[C@@H](N)CCSC. The smallest absolute Gasteiger partial charge is 0.239 e. The van der Waals surface area contributed by atoms with Gasteiger partial charge in [0.25, 0.3) is 0 Å². The number of rotatable bonds is 7. The molecule has 0 saturated carbocycles. The molecule has 1 aromatic heterocycles. The number of carbonyl (C=O) groups excluding carboxylic acids is 1. The predicted octanol–water partition coefficient (Wildman–Crippen LogP) is 3.03. The van der Waals surface area contributed by atoms with Gasteiger partial charge in [-0.1, -0.05) is 25.1 Å². The molecule has 2 N–H and O–H groups in total. The lowest BCUT2D eigenvalue weighted by atomic mass is 10.1. The van der Waals surface area contributed by atoms with Gasteiger partial charge in [0.1, 0.15) is 11.3 Å². The molecule has 1 amide bonds. The summed E-state index contributed by atoms with van der Waals surface area (Å²) in [6.45, 7) is 2.60. The lowest BCUT2D eigenvalue weighted by Crippen LogP contribution is -2.41. The Kier molecular flexibility index (Phi) is 5.91. The predicted molar refractivity (Wildman–Crippen MR) is 93.0 cm³/mol. The van der Waals surface area contributed by atoms with E-state index in [4.69, 9.17) is 10.2 Å². The molecule has 2 rings (SSSR count). The molecule has 5 heteroatoms. The molecule has 0 radical (unpaired) electrons. The first-order chi connectivity index (χ1) is 10.6. The molecule has 1 aromatic carbocycles. The fourth-order valence-corrected chi connectivity index (χ4v) is 3.06. The quantitative estimate of drug-likeness (QED) is 0.852. The molecular formula is C17H24N2O2S. The van der Waals surface area contributed by atoms with E-state index in [9.17, 15) is 4.79 Å². The average Bonchev–Trinajstić information content (AvgIpc) is 2.89. The molecule has 1 heterocycles. The third kappa shape index (κ3) is 3.65. The van der Waals surface area contributed by atoms with Crippen LogP contribution in [0.15, 0.2) is 28.7 Å². The molecular weight excluding hydrogens is 296 g/mol. The fraction of sp³-hybridized carbons (Fsp3) is 0.471. The van der Waals surface area contributed by atoms with Gasteiger partial charge in [-0.3, -0.25) is 4.79 Å². The van der Waals surface area contributed by atoms with Crippen LogP contribution in [0.4, 0.5) is 0 Å². The van der Waals surface area contributed by atoms with E-state index in [1.807, 2.05) is 37.6 Å². The Labute approximate surface area is 136 Å². The number of carbonyl (C=O) groups is 1. The van der Waals surface area contributed by atoms with Crippen LogP contribution in [0.3, 0.4) is 0 Å². The van der Waals surface area contributed by atoms with E-state index in [0.717, 1.165) is 34.5 Å². The maximum absolute atomic E-state index is 12.4. The first kappa shape index (κ1) is 16.9. The number of hydrogen-bond donors (Lipinski definition) is 1. The van der Waals surface area contributed by atoms with Crippen LogP contribution in [0.2, 0.25) is 0 Å². The Morgan fingerprint density at radius 2 is 2.14 bits per heavy atom. The summed E-state index contributed by atoms with van der Waals surface area (Å²) >= 11 is 1.71. The molecule has 0 bridgehead atoms. The second-order valence-electron chi connectivity index (χ2n) is 5.44. The van der Waals surface area contributed by atoms with Gasteiger partial charge in [0, 0.05) is 31.0 Å². The topological polar surface area (TPSA) is 59.5 Å². The highest BCUT2D eigenvalue weighted by molar-refractivity contribution is 7.98. The Morgan fingerprint density at radius 1 is 1.41 bits per heavy atom. The number of thioether (sulfide) groups is 1. The largest absolute Gasteiger partial charge is 0.461 e. The summed E-state index contributed by atoms with van der Waals surface area (Å²) in [5.41, 5.74) is 7.95. The Hall–Kier alpha value is -1.46. The first-order valence-electron chi connectivity index (χ1n) is 7.57. The number of nitrogens with two attached hydrogens (primary N) is 1. The monoisotopic (exact) mass is 320 g/mol. The molecule has 0 unspecified atom stereocenters. The summed E-state index contributed by atoms with van der Waals surface area (Å²) in [5.74, 6) is 1.83. The van der Waals surface area contributed by atoms with Gasteiger partial charge in [0.05, 0.1) is 6.04 Å².